The Labute approximate surface area is 169 Å². The van der Waals surface area contributed by atoms with Crippen LogP contribution >= 0.6 is 11.3 Å². The largest absolute Gasteiger partial charge is 0.466 e. The smallest absolute Gasteiger partial charge is 0.305 e. The van der Waals surface area contributed by atoms with Gasteiger partial charge in [-0.15, -0.1) is 11.3 Å². The lowest BCUT2D eigenvalue weighted by atomic mass is 10.1. The topological polar surface area (TPSA) is 39.2 Å². The fourth-order valence-electron chi connectivity index (χ4n) is 3.02. The van der Waals surface area contributed by atoms with Crippen LogP contribution in [0.3, 0.4) is 0 Å². The minimum atomic E-state index is -0.239. The van der Waals surface area contributed by atoms with Crippen LogP contribution in [0.15, 0.2) is 54.6 Å². The molecule has 0 aliphatic heterocycles. The van der Waals surface area contributed by atoms with Crippen LogP contribution in [0.2, 0.25) is 0 Å². The van der Waals surface area contributed by atoms with Crippen molar-refractivity contribution in [3.8, 4) is 21.7 Å². The molecule has 0 aliphatic rings. The maximum atomic E-state index is 13.3. The monoisotopic (exact) mass is 397 g/mol. The molecule has 0 N–H and O–H groups in total. The predicted molar refractivity (Wildman–Crippen MR) is 112 cm³/mol. The lowest BCUT2D eigenvalue weighted by Crippen LogP contribution is -2.03. The van der Waals surface area contributed by atoms with Crippen molar-refractivity contribution in [2.75, 3.05) is 6.61 Å². The Balaban J connectivity index is 1.71. The molecule has 1 aromatic heterocycles. The minimum absolute atomic E-state index is 0.123. The summed E-state index contributed by atoms with van der Waals surface area (Å²) in [6.07, 6.45) is 4.12. The fraction of sp³-hybridized carbons (Fsp3) is 0.304. The predicted octanol–water partition coefficient (Wildman–Crippen LogP) is 6.28. The number of aromatic nitrogens is 1. The van der Waals surface area contributed by atoms with Gasteiger partial charge in [-0.1, -0.05) is 48.9 Å². The molecule has 0 spiro atoms. The maximum absolute atomic E-state index is 13.3. The number of hydrogen-bond acceptors (Lipinski definition) is 4. The maximum Gasteiger partial charge on any atom is 0.305 e. The number of carbonyl (C=O) groups is 1. The molecule has 0 radical (unpaired) electrons. The highest BCUT2D eigenvalue weighted by atomic mass is 32.1. The Morgan fingerprint density at radius 2 is 1.75 bits per heavy atom. The summed E-state index contributed by atoms with van der Waals surface area (Å²) in [5.74, 6) is -0.363. The van der Waals surface area contributed by atoms with Gasteiger partial charge >= 0.3 is 5.97 Å². The third-order valence-electron chi connectivity index (χ3n) is 4.40. The van der Waals surface area contributed by atoms with Gasteiger partial charge in [-0.25, -0.2) is 9.37 Å². The minimum Gasteiger partial charge on any atom is -0.466 e. The molecule has 3 rings (SSSR count). The van der Waals surface area contributed by atoms with Gasteiger partial charge in [-0.2, -0.15) is 0 Å². The zero-order valence-corrected chi connectivity index (χ0v) is 16.8. The summed E-state index contributed by atoms with van der Waals surface area (Å²) in [7, 11) is 0. The summed E-state index contributed by atoms with van der Waals surface area (Å²) < 4.78 is 18.3. The molecule has 0 aliphatic carbocycles. The van der Waals surface area contributed by atoms with Crippen molar-refractivity contribution < 1.29 is 13.9 Å². The van der Waals surface area contributed by atoms with Crippen LogP contribution in [0.25, 0.3) is 21.7 Å². The van der Waals surface area contributed by atoms with Crippen LogP contribution < -0.4 is 0 Å². The first-order chi connectivity index (χ1) is 13.7. The molecule has 2 aromatic carbocycles. The van der Waals surface area contributed by atoms with Crippen LogP contribution in [-0.2, 0) is 16.0 Å². The molecule has 146 valence electrons. The van der Waals surface area contributed by atoms with Crippen molar-refractivity contribution in [1.82, 2.24) is 4.98 Å². The van der Waals surface area contributed by atoms with Crippen LogP contribution in [0.1, 0.15) is 37.6 Å². The number of rotatable bonds is 9. The molecule has 0 atom stereocenters. The molecule has 0 saturated heterocycles. The Morgan fingerprint density at radius 1 is 1.00 bits per heavy atom. The van der Waals surface area contributed by atoms with Gasteiger partial charge in [0.2, 0.25) is 0 Å². The SMILES string of the molecule is CCOC(=O)CCCCCc1nc(-c2ccccc2)c(-c2ccc(F)cc2)s1. The quantitative estimate of drug-likeness (QED) is 0.315. The highest BCUT2D eigenvalue weighted by Gasteiger charge is 2.15. The van der Waals surface area contributed by atoms with Crippen LogP contribution in [0.5, 0.6) is 0 Å². The second-order valence-corrected chi connectivity index (χ2v) is 7.61. The summed E-state index contributed by atoms with van der Waals surface area (Å²) >= 11 is 1.66. The highest BCUT2D eigenvalue weighted by Crippen LogP contribution is 2.37. The van der Waals surface area contributed by atoms with E-state index in [4.69, 9.17) is 9.72 Å². The van der Waals surface area contributed by atoms with E-state index in [1.165, 1.54) is 12.1 Å². The molecular weight excluding hydrogens is 373 g/mol. The van der Waals surface area contributed by atoms with Crippen molar-refractivity contribution in [2.45, 2.75) is 39.0 Å². The van der Waals surface area contributed by atoms with Crippen LogP contribution in [0.4, 0.5) is 4.39 Å². The van der Waals surface area contributed by atoms with Crippen molar-refractivity contribution in [1.29, 1.82) is 0 Å². The zero-order chi connectivity index (χ0) is 19.8. The zero-order valence-electron chi connectivity index (χ0n) is 16.0. The number of benzene rings is 2. The molecular formula is C23H24FNO2S. The Bertz CT molecular complexity index is 891. The number of hydrogen-bond donors (Lipinski definition) is 0. The van der Waals surface area contributed by atoms with Gasteiger partial charge in [-0.05, 0) is 43.9 Å². The Kier molecular flexibility index (Phi) is 7.31. The van der Waals surface area contributed by atoms with Gasteiger partial charge < -0.3 is 4.74 Å². The number of ether oxygens (including phenoxy) is 1. The van der Waals surface area contributed by atoms with Crippen molar-refractivity contribution in [3.63, 3.8) is 0 Å². The first-order valence-corrected chi connectivity index (χ1v) is 10.5. The number of aryl methyl sites for hydroxylation is 1. The van der Waals surface area contributed by atoms with E-state index in [1.807, 2.05) is 37.3 Å². The first kappa shape index (κ1) is 20.2. The molecule has 0 fully saturated rings. The van der Waals surface area contributed by atoms with Crippen LogP contribution in [0, 0.1) is 5.82 Å². The van der Waals surface area contributed by atoms with E-state index in [-0.39, 0.29) is 11.8 Å². The third kappa shape index (κ3) is 5.49. The van der Waals surface area contributed by atoms with Gasteiger partial charge in [-0.3, -0.25) is 4.79 Å². The Morgan fingerprint density at radius 3 is 2.46 bits per heavy atom. The average Bonchev–Trinajstić information content (AvgIpc) is 3.13. The summed E-state index contributed by atoms with van der Waals surface area (Å²) in [6, 6.07) is 16.7. The van der Waals surface area contributed by atoms with Gasteiger partial charge in [0, 0.05) is 12.0 Å². The lowest BCUT2D eigenvalue weighted by Gasteiger charge is -2.02. The van der Waals surface area contributed by atoms with E-state index in [2.05, 4.69) is 0 Å². The molecule has 28 heavy (non-hydrogen) atoms. The third-order valence-corrected chi connectivity index (χ3v) is 5.57. The number of esters is 1. The fourth-order valence-corrected chi connectivity index (χ4v) is 4.15. The van der Waals surface area contributed by atoms with Gasteiger partial charge in [0.05, 0.1) is 22.2 Å². The van der Waals surface area contributed by atoms with Crippen molar-refractivity contribution >= 4 is 17.3 Å². The molecule has 1 heterocycles. The number of nitrogens with zero attached hydrogens (tertiary/aromatic N) is 1. The van der Waals surface area contributed by atoms with E-state index in [0.717, 1.165) is 52.4 Å². The number of carbonyl (C=O) groups excluding carboxylic acids is 1. The standard InChI is InChI=1S/C23H24FNO2S/c1-2-27-21(26)12-8-4-7-11-20-25-22(17-9-5-3-6-10-17)23(28-20)18-13-15-19(24)16-14-18/h3,5-6,9-10,13-16H,2,4,7-8,11-12H2,1H3. The second kappa shape index (κ2) is 10.1. The molecule has 0 amide bonds. The van der Waals surface area contributed by atoms with Gasteiger partial charge in [0.25, 0.3) is 0 Å². The summed E-state index contributed by atoms with van der Waals surface area (Å²) in [5, 5.41) is 1.06. The number of halogens is 1. The van der Waals surface area contributed by atoms with E-state index >= 15 is 0 Å². The molecule has 0 unspecified atom stereocenters. The van der Waals surface area contributed by atoms with E-state index in [9.17, 15) is 9.18 Å². The first-order valence-electron chi connectivity index (χ1n) is 9.64. The summed E-state index contributed by atoms with van der Waals surface area (Å²) in [4.78, 5) is 17.3. The molecule has 0 saturated carbocycles. The molecule has 3 nitrogen and oxygen atoms in total. The number of unbranched alkanes of at least 4 members (excludes halogenated alkanes) is 2. The molecule has 3 aromatic rings. The molecule has 0 bridgehead atoms. The van der Waals surface area contributed by atoms with Gasteiger partial charge in [0.1, 0.15) is 5.82 Å². The Hall–Kier alpha value is -2.53. The summed E-state index contributed by atoms with van der Waals surface area (Å²) in [5.41, 5.74) is 2.98. The van der Waals surface area contributed by atoms with E-state index in [1.54, 1.807) is 23.5 Å². The molecule has 5 heteroatoms. The summed E-state index contributed by atoms with van der Waals surface area (Å²) in [6.45, 7) is 2.26. The van der Waals surface area contributed by atoms with E-state index < -0.39 is 0 Å². The normalized spacial score (nSPS) is 10.8. The van der Waals surface area contributed by atoms with Gasteiger partial charge in [0.15, 0.2) is 0 Å². The van der Waals surface area contributed by atoms with E-state index in [0.29, 0.717) is 13.0 Å². The number of thiazole rings is 1. The second-order valence-electron chi connectivity index (χ2n) is 6.52. The average molecular weight is 398 g/mol. The lowest BCUT2D eigenvalue weighted by molar-refractivity contribution is -0.143. The van der Waals surface area contributed by atoms with Crippen LogP contribution in [-0.4, -0.2) is 17.6 Å². The van der Waals surface area contributed by atoms with Crippen molar-refractivity contribution in [3.05, 3.63) is 65.4 Å². The van der Waals surface area contributed by atoms with Crippen molar-refractivity contribution in [2.24, 2.45) is 0 Å². The highest BCUT2D eigenvalue weighted by molar-refractivity contribution is 7.15.